The predicted octanol–water partition coefficient (Wildman–Crippen LogP) is 1.10. The molecule has 0 bridgehead atoms. The largest absolute Gasteiger partial charge is 0.326 e. The molecule has 0 saturated heterocycles. The highest BCUT2D eigenvalue weighted by Gasteiger charge is 2.15. The van der Waals surface area contributed by atoms with Gasteiger partial charge in [0, 0.05) is 30.8 Å². The first kappa shape index (κ1) is 9.74. The zero-order chi connectivity index (χ0) is 10.1. The molecule has 0 radical (unpaired) electrons. The van der Waals surface area contributed by atoms with E-state index in [0.717, 1.165) is 25.2 Å². The summed E-state index contributed by atoms with van der Waals surface area (Å²) in [7, 11) is 2.08. The van der Waals surface area contributed by atoms with Crippen LogP contribution < -0.4 is 5.56 Å². The number of fused-ring (bicyclic) bond motifs is 1. The van der Waals surface area contributed by atoms with Crippen molar-refractivity contribution in [1.82, 2.24) is 9.88 Å². The minimum Gasteiger partial charge on any atom is -0.326 e. The number of hydrogen-bond acceptors (Lipinski definition) is 2. The monoisotopic (exact) mass is 212 g/mol. The lowest BCUT2D eigenvalue weighted by Gasteiger charge is -2.24. The Bertz CT molecular complexity index is 400. The van der Waals surface area contributed by atoms with Crippen LogP contribution in [0.1, 0.15) is 16.8 Å². The number of likely N-dealkylation sites (N-methyl/N-ethyl adjacent to an activating group) is 1. The lowest BCUT2D eigenvalue weighted by molar-refractivity contribution is 0.309. The average Bonchev–Trinajstić information content (AvgIpc) is 2.17. The van der Waals surface area contributed by atoms with Crippen molar-refractivity contribution in [2.45, 2.75) is 18.8 Å². The number of nitrogens with zero attached hydrogens (tertiary/aromatic N) is 1. The van der Waals surface area contributed by atoms with E-state index in [2.05, 4.69) is 16.9 Å². The van der Waals surface area contributed by atoms with Gasteiger partial charge in [-0.15, -0.1) is 11.6 Å². The highest BCUT2D eigenvalue weighted by atomic mass is 35.5. The number of aromatic amines is 1. The molecule has 1 aliphatic rings. The molecule has 2 heterocycles. The minimum atomic E-state index is -0.0386. The SMILES string of the molecule is CN1CCc2[nH]c(=O)c(CCl)cc2C1. The molecule has 3 nitrogen and oxygen atoms in total. The summed E-state index contributed by atoms with van der Waals surface area (Å²) in [6, 6.07) is 1.93. The van der Waals surface area contributed by atoms with Crippen LogP contribution in [0.25, 0.3) is 0 Å². The van der Waals surface area contributed by atoms with Crippen molar-refractivity contribution in [3.8, 4) is 0 Å². The summed E-state index contributed by atoms with van der Waals surface area (Å²) in [5, 5.41) is 0. The van der Waals surface area contributed by atoms with E-state index in [1.807, 2.05) is 6.07 Å². The van der Waals surface area contributed by atoms with Crippen molar-refractivity contribution in [1.29, 1.82) is 0 Å². The van der Waals surface area contributed by atoms with E-state index in [1.54, 1.807) is 0 Å². The van der Waals surface area contributed by atoms with Crippen LogP contribution in [0.4, 0.5) is 0 Å². The van der Waals surface area contributed by atoms with E-state index in [4.69, 9.17) is 11.6 Å². The molecule has 1 aromatic rings. The molecule has 0 saturated carbocycles. The Kier molecular flexibility index (Phi) is 2.61. The topological polar surface area (TPSA) is 36.1 Å². The zero-order valence-corrected chi connectivity index (χ0v) is 8.90. The molecule has 0 unspecified atom stereocenters. The van der Waals surface area contributed by atoms with Gasteiger partial charge in [0.05, 0.1) is 5.88 Å². The molecule has 4 heteroatoms. The summed E-state index contributed by atoms with van der Waals surface area (Å²) in [5.74, 6) is 0.284. The van der Waals surface area contributed by atoms with Crippen molar-refractivity contribution >= 4 is 11.6 Å². The van der Waals surface area contributed by atoms with Crippen LogP contribution in [0, 0.1) is 0 Å². The Morgan fingerprint density at radius 3 is 3.14 bits per heavy atom. The van der Waals surface area contributed by atoms with Crippen molar-refractivity contribution in [2.24, 2.45) is 0 Å². The molecule has 1 N–H and O–H groups in total. The third-order valence-electron chi connectivity index (χ3n) is 2.62. The summed E-state index contributed by atoms with van der Waals surface area (Å²) < 4.78 is 0. The lowest BCUT2D eigenvalue weighted by Crippen LogP contribution is -2.30. The molecule has 1 aromatic heterocycles. The maximum Gasteiger partial charge on any atom is 0.252 e. The van der Waals surface area contributed by atoms with Gasteiger partial charge in [-0.05, 0) is 18.7 Å². The van der Waals surface area contributed by atoms with Crippen LogP contribution >= 0.6 is 11.6 Å². The number of alkyl halides is 1. The van der Waals surface area contributed by atoms with Crippen LogP contribution in [0.3, 0.4) is 0 Å². The van der Waals surface area contributed by atoms with E-state index < -0.39 is 0 Å². The van der Waals surface area contributed by atoms with E-state index in [-0.39, 0.29) is 11.4 Å². The van der Waals surface area contributed by atoms with Crippen molar-refractivity contribution in [2.75, 3.05) is 13.6 Å². The van der Waals surface area contributed by atoms with Gasteiger partial charge >= 0.3 is 0 Å². The Hall–Kier alpha value is -0.800. The van der Waals surface area contributed by atoms with E-state index in [0.29, 0.717) is 5.56 Å². The molecular weight excluding hydrogens is 200 g/mol. The van der Waals surface area contributed by atoms with Gasteiger partial charge in [0.15, 0.2) is 0 Å². The third-order valence-corrected chi connectivity index (χ3v) is 2.91. The molecule has 0 aromatic carbocycles. The molecule has 0 fully saturated rings. The predicted molar refractivity (Wildman–Crippen MR) is 56.7 cm³/mol. The van der Waals surface area contributed by atoms with Crippen LogP contribution in [-0.2, 0) is 18.8 Å². The van der Waals surface area contributed by atoms with Gasteiger partial charge in [-0.1, -0.05) is 0 Å². The number of nitrogens with one attached hydrogen (secondary N) is 1. The number of aromatic nitrogens is 1. The van der Waals surface area contributed by atoms with Crippen molar-refractivity contribution < 1.29 is 0 Å². The van der Waals surface area contributed by atoms with Gasteiger partial charge in [0.2, 0.25) is 0 Å². The second-order valence-electron chi connectivity index (χ2n) is 3.75. The van der Waals surface area contributed by atoms with Gasteiger partial charge in [0.25, 0.3) is 5.56 Å². The molecule has 0 atom stereocenters. The summed E-state index contributed by atoms with van der Waals surface area (Å²) in [5.41, 5.74) is 2.90. The molecular formula is C10H13ClN2O. The molecule has 2 rings (SSSR count). The second kappa shape index (κ2) is 3.75. The van der Waals surface area contributed by atoms with Gasteiger partial charge < -0.3 is 9.88 Å². The van der Waals surface area contributed by atoms with Gasteiger partial charge in [-0.3, -0.25) is 4.79 Å². The normalized spacial score (nSPS) is 16.7. The molecule has 0 aliphatic carbocycles. The Labute approximate surface area is 87.7 Å². The van der Waals surface area contributed by atoms with Gasteiger partial charge in [0.1, 0.15) is 0 Å². The van der Waals surface area contributed by atoms with E-state index in [1.165, 1.54) is 5.56 Å². The maximum absolute atomic E-state index is 11.5. The fraction of sp³-hybridized carbons (Fsp3) is 0.500. The summed E-state index contributed by atoms with van der Waals surface area (Å²) in [4.78, 5) is 16.6. The van der Waals surface area contributed by atoms with E-state index >= 15 is 0 Å². The number of halogens is 1. The standard InChI is InChI=1S/C10H13ClN2O/c1-13-3-2-9-8(6-13)4-7(5-11)10(14)12-9/h4H,2-3,5-6H2,1H3,(H,12,14). The Morgan fingerprint density at radius 2 is 2.43 bits per heavy atom. The van der Waals surface area contributed by atoms with Crippen LogP contribution in [0.15, 0.2) is 10.9 Å². The number of rotatable bonds is 1. The number of pyridine rings is 1. The first-order valence-electron chi connectivity index (χ1n) is 4.69. The first-order valence-corrected chi connectivity index (χ1v) is 5.22. The molecule has 76 valence electrons. The Morgan fingerprint density at radius 1 is 1.64 bits per heavy atom. The first-order chi connectivity index (χ1) is 6.70. The van der Waals surface area contributed by atoms with Crippen LogP contribution in [0.5, 0.6) is 0 Å². The molecule has 0 spiro atoms. The fourth-order valence-electron chi connectivity index (χ4n) is 1.80. The summed E-state index contributed by atoms with van der Waals surface area (Å²) in [6.07, 6.45) is 0.920. The second-order valence-corrected chi connectivity index (χ2v) is 4.02. The average molecular weight is 213 g/mol. The lowest BCUT2D eigenvalue weighted by atomic mass is 10.0. The summed E-state index contributed by atoms with van der Waals surface area (Å²) >= 11 is 5.68. The zero-order valence-electron chi connectivity index (χ0n) is 8.14. The third kappa shape index (κ3) is 1.70. The Balaban J connectivity index is 2.46. The van der Waals surface area contributed by atoms with Crippen molar-refractivity contribution in [3.05, 3.63) is 33.2 Å². The van der Waals surface area contributed by atoms with Gasteiger partial charge in [-0.25, -0.2) is 0 Å². The summed E-state index contributed by atoms with van der Waals surface area (Å²) in [6.45, 7) is 1.90. The number of H-pyrrole nitrogens is 1. The fourth-order valence-corrected chi connectivity index (χ4v) is 2.00. The van der Waals surface area contributed by atoms with Crippen molar-refractivity contribution in [3.63, 3.8) is 0 Å². The molecule has 0 amide bonds. The van der Waals surface area contributed by atoms with Crippen LogP contribution in [0.2, 0.25) is 0 Å². The minimum absolute atomic E-state index is 0.0386. The number of hydrogen-bond donors (Lipinski definition) is 1. The molecule has 14 heavy (non-hydrogen) atoms. The van der Waals surface area contributed by atoms with E-state index in [9.17, 15) is 4.79 Å². The molecule has 1 aliphatic heterocycles. The smallest absolute Gasteiger partial charge is 0.252 e. The van der Waals surface area contributed by atoms with Crippen LogP contribution in [-0.4, -0.2) is 23.5 Å². The van der Waals surface area contributed by atoms with Gasteiger partial charge in [-0.2, -0.15) is 0 Å². The quantitative estimate of drug-likeness (QED) is 0.708. The maximum atomic E-state index is 11.5. The highest BCUT2D eigenvalue weighted by Crippen LogP contribution is 2.15. The highest BCUT2D eigenvalue weighted by molar-refractivity contribution is 6.17.